The summed E-state index contributed by atoms with van der Waals surface area (Å²) in [7, 11) is -3.80. The van der Waals surface area contributed by atoms with E-state index in [1.807, 2.05) is 0 Å². The Morgan fingerprint density at radius 3 is 2.50 bits per heavy atom. The van der Waals surface area contributed by atoms with Crippen molar-refractivity contribution in [3.63, 3.8) is 0 Å². The molecule has 4 atom stereocenters. The first-order valence-corrected chi connectivity index (χ1v) is 11.4. The summed E-state index contributed by atoms with van der Waals surface area (Å²) < 4.78 is 24.7. The summed E-state index contributed by atoms with van der Waals surface area (Å²) in [6.07, 6.45) is 5.41. The second-order valence-corrected chi connectivity index (χ2v) is 10.6. The first-order chi connectivity index (χ1) is 14.8. The molecule has 2 saturated heterocycles. The van der Waals surface area contributed by atoms with Crippen LogP contribution in [0.15, 0.2) is 12.4 Å². The van der Waals surface area contributed by atoms with E-state index in [1.165, 1.54) is 24.0 Å². The molecule has 1 aromatic heterocycles. The second-order valence-electron chi connectivity index (χ2n) is 8.00. The molecule has 2 unspecified atom stereocenters. The number of β-lactam (4-membered cyclic amide) rings is 1. The van der Waals surface area contributed by atoms with E-state index < -0.39 is 49.9 Å². The van der Waals surface area contributed by atoms with Gasteiger partial charge in [0.2, 0.25) is 11.7 Å². The standard InChI is InChI=1S/C10H12N4O5S.C7H15N3O2.CH3.Y/c1-10(5-13-3-2-11-12-13)8(9(16)17)14-6(15)4-7(14)20(10,18)19;8-5(7(11)12)3-1-2-4-6(9)10;;/h2-3,7-8H,4-5H2,1H3,(H,16,17);5H,1-4,8H2,(H3,9,10)(H,11,12);1H3;/q;;-1;/p+1/t7?,8?,10-;5-;;/m00../s1. The van der Waals surface area contributed by atoms with Gasteiger partial charge >= 0.3 is 5.97 Å². The molecule has 0 spiro atoms. The van der Waals surface area contributed by atoms with Gasteiger partial charge in [-0.15, -0.1) is 5.10 Å². The van der Waals surface area contributed by atoms with Gasteiger partial charge in [-0.25, -0.2) is 13.2 Å². The van der Waals surface area contributed by atoms with Gasteiger partial charge in [0, 0.05) is 51.7 Å². The van der Waals surface area contributed by atoms with E-state index in [0.29, 0.717) is 18.7 Å². The topological polar surface area (TPSA) is 242 Å². The number of carboxylic acids is 2. The zero-order valence-corrected chi connectivity index (χ0v) is 22.8. The van der Waals surface area contributed by atoms with Crippen LogP contribution < -0.4 is 22.0 Å². The number of nitrogens with zero attached hydrogens (tertiary/aromatic N) is 4. The summed E-state index contributed by atoms with van der Waals surface area (Å²) in [5.41, 5.74) is 8.64. The SMILES string of the molecule is C[C@]1(Cn2ccnn2)C(C(=O)O)N2C(=O)CC2S1(=O)=O.NC(=[NH2+])CCCC[C@H]([NH3+])C(=O)[O-].[CH3-].[Y]. The first-order valence-electron chi connectivity index (χ1n) is 9.85. The van der Waals surface area contributed by atoms with Crippen LogP contribution in [0.2, 0.25) is 0 Å². The van der Waals surface area contributed by atoms with Crippen LogP contribution in [-0.4, -0.2) is 79.3 Å². The van der Waals surface area contributed by atoms with Gasteiger partial charge in [0.1, 0.15) is 16.2 Å². The van der Waals surface area contributed by atoms with E-state index in [4.69, 9.17) is 11.1 Å². The molecule has 0 aromatic carbocycles. The zero-order chi connectivity index (χ0) is 24.3. The number of carbonyl (C=O) groups excluding carboxylic acids is 2. The quantitative estimate of drug-likeness (QED) is 0.0714. The maximum Gasteiger partial charge on any atom is 0.328 e. The Bertz CT molecular complexity index is 989. The van der Waals surface area contributed by atoms with E-state index in [2.05, 4.69) is 16.0 Å². The van der Waals surface area contributed by atoms with Crippen molar-refractivity contribution in [1.82, 2.24) is 19.9 Å². The minimum atomic E-state index is -3.80. The molecule has 3 heterocycles. The molecule has 189 valence electrons. The van der Waals surface area contributed by atoms with E-state index in [0.717, 1.165) is 17.7 Å². The molecule has 2 aliphatic rings. The number of quaternary nitrogens is 1. The van der Waals surface area contributed by atoms with Gasteiger partial charge < -0.3 is 33.1 Å². The van der Waals surface area contributed by atoms with E-state index >= 15 is 0 Å². The summed E-state index contributed by atoms with van der Waals surface area (Å²) in [6.45, 7) is 1.18. The average molecular weight is 578 g/mol. The van der Waals surface area contributed by atoms with Crippen LogP contribution in [0.4, 0.5) is 0 Å². The van der Waals surface area contributed by atoms with Crippen molar-refractivity contribution in [2.45, 2.75) is 67.8 Å². The number of carbonyl (C=O) groups is 3. The van der Waals surface area contributed by atoms with Gasteiger partial charge in [-0.3, -0.25) is 20.6 Å². The second kappa shape index (κ2) is 12.7. The molecule has 8 N–H and O–H groups in total. The molecular formula is C18H31N7O7SY. The molecule has 34 heavy (non-hydrogen) atoms. The molecule has 1 radical (unpaired) electrons. The van der Waals surface area contributed by atoms with E-state index in [9.17, 15) is 33.0 Å². The maximum absolute atomic E-state index is 12.5. The Balaban J connectivity index is 0.000000684. The molecule has 16 heteroatoms. The van der Waals surface area contributed by atoms with Crippen LogP contribution in [0, 0.1) is 7.43 Å². The zero-order valence-electron chi connectivity index (χ0n) is 19.2. The average Bonchev–Trinajstić information content (AvgIpc) is 3.23. The van der Waals surface area contributed by atoms with Crippen molar-refractivity contribution in [3.05, 3.63) is 19.8 Å². The summed E-state index contributed by atoms with van der Waals surface area (Å²) in [5, 5.41) is 31.0. The number of aromatic nitrogens is 3. The van der Waals surface area contributed by atoms with Crippen LogP contribution >= 0.6 is 0 Å². The van der Waals surface area contributed by atoms with Gasteiger partial charge in [-0.2, -0.15) is 0 Å². The third kappa shape index (κ3) is 6.58. The molecule has 1 amide bonds. The predicted octanol–water partition coefficient (Wildman–Crippen LogP) is -5.05. The number of fused-ring (bicyclic) bond motifs is 1. The Morgan fingerprint density at radius 1 is 1.44 bits per heavy atom. The number of nitrogens with two attached hydrogens (primary N) is 2. The fourth-order valence-corrected chi connectivity index (χ4v) is 6.12. The molecular weight excluding hydrogens is 547 g/mol. The van der Waals surface area contributed by atoms with Crippen LogP contribution in [0.25, 0.3) is 0 Å². The number of carboxylic acid groups (broad SMARTS) is 2. The van der Waals surface area contributed by atoms with Crippen molar-refractivity contribution < 1.29 is 76.9 Å². The number of sulfone groups is 1. The molecule has 2 aliphatic heterocycles. The normalized spacial score (nSPS) is 24.8. The van der Waals surface area contributed by atoms with Gasteiger partial charge in [-0.05, 0) is 19.8 Å². The summed E-state index contributed by atoms with van der Waals surface area (Å²) >= 11 is 0. The van der Waals surface area contributed by atoms with Crippen LogP contribution in [0.3, 0.4) is 0 Å². The number of rotatable bonds is 9. The van der Waals surface area contributed by atoms with Crippen LogP contribution in [0.1, 0.15) is 39.0 Å². The monoisotopic (exact) mass is 578 g/mol. The molecule has 0 bridgehead atoms. The number of hydrogen-bond acceptors (Lipinski definition) is 8. The van der Waals surface area contributed by atoms with E-state index in [-0.39, 0.29) is 53.1 Å². The van der Waals surface area contributed by atoms with Crippen LogP contribution in [0.5, 0.6) is 0 Å². The molecule has 14 nitrogen and oxygen atoms in total. The van der Waals surface area contributed by atoms with Crippen LogP contribution in [-0.2, 0) is 63.5 Å². The third-order valence-corrected chi connectivity index (χ3v) is 8.36. The van der Waals surface area contributed by atoms with Gasteiger partial charge in [0.25, 0.3) is 0 Å². The molecule has 2 fully saturated rings. The molecule has 0 saturated carbocycles. The number of unbranched alkanes of at least 4 members (excludes halogenated alkanes) is 1. The molecule has 0 aliphatic carbocycles. The van der Waals surface area contributed by atoms with Crippen molar-refractivity contribution in [1.29, 1.82) is 0 Å². The maximum atomic E-state index is 12.5. The molecule has 3 rings (SSSR count). The smallest absolute Gasteiger partial charge is 0.328 e. The minimum absolute atomic E-state index is 0. The summed E-state index contributed by atoms with van der Waals surface area (Å²) in [4.78, 5) is 34.2. The number of amides is 1. The predicted molar refractivity (Wildman–Crippen MR) is 112 cm³/mol. The number of aliphatic carboxylic acids is 2. The third-order valence-electron chi connectivity index (χ3n) is 5.60. The number of amidine groups is 1. The fraction of sp³-hybridized carbons (Fsp3) is 0.611. The van der Waals surface area contributed by atoms with Crippen molar-refractivity contribution in [2.75, 3.05) is 0 Å². The Kier molecular flexibility index (Phi) is 11.9. The Labute approximate surface area is 222 Å². The molecule has 1 aromatic rings. The number of hydrogen-bond donors (Lipinski definition) is 4. The minimum Gasteiger partial charge on any atom is -0.544 e. The fourth-order valence-electron chi connectivity index (χ4n) is 3.76. The van der Waals surface area contributed by atoms with Gasteiger partial charge in [0.05, 0.1) is 25.1 Å². The van der Waals surface area contributed by atoms with Crippen molar-refractivity contribution in [2.24, 2.45) is 5.73 Å². The Morgan fingerprint density at radius 2 is 2.06 bits per heavy atom. The Hall–Kier alpha value is -1.97. The largest absolute Gasteiger partial charge is 0.544 e. The summed E-state index contributed by atoms with van der Waals surface area (Å²) in [6, 6.07) is -2.02. The summed E-state index contributed by atoms with van der Waals surface area (Å²) in [5.74, 6) is -2.48. The van der Waals surface area contributed by atoms with Gasteiger partial charge in [0.15, 0.2) is 15.9 Å². The van der Waals surface area contributed by atoms with Crippen molar-refractivity contribution in [3.8, 4) is 0 Å². The van der Waals surface area contributed by atoms with Crippen molar-refractivity contribution >= 4 is 33.5 Å². The van der Waals surface area contributed by atoms with E-state index in [1.54, 1.807) is 0 Å². The van der Waals surface area contributed by atoms with Gasteiger partial charge in [-0.1, -0.05) is 5.21 Å². The first kappa shape index (κ1) is 32.0.